The predicted octanol–water partition coefficient (Wildman–Crippen LogP) is 3.82. The van der Waals surface area contributed by atoms with Gasteiger partial charge in [0.05, 0.1) is 22.9 Å². The zero-order valence-corrected chi connectivity index (χ0v) is 23.1. The number of phenolic OH excluding ortho intramolecular Hbond substituents is 1. The van der Waals surface area contributed by atoms with Crippen molar-refractivity contribution in [2.75, 3.05) is 32.4 Å². The van der Waals surface area contributed by atoms with Gasteiger partial charge in [0.15, 0.2) is 5.76 Å². The summed E-state index contributed by atoms with van der Waals surface area (Å²) in [5.41, 5.74) is 1.26. The molecule has 1 N–H and O–H groups in total. The summed E-state index contributed by atoms with van der Waals surface area (Å²) in [6.07, 6.45) is 3.76. The van der Waals surface area contributed by atoms with E-state index in [1.54, 1.807) is 29.2 Å². The second kappa shape index (κ2) is 9.73. The van der Waals surface area contributed by atoms with Crippen molar-refractivity contribution in [2.24, 2.45) is 0 Å². The topological polar surface area (TPSA) is 118 Å². The first-order valence-corrected chi connectivity index (χ1v) is 14.5. The van der Waals surface area contributed by atoms with Gasteiger partial charge in [-0.15, -0.1) is 0 Å². The SMILES string of the molecule is CC(C)(C)OC(=O)N1CCN(Cc2c(O)ccc3c2OC(=Cc2cn(S(C)(=O)=O)c4ccccc24)C3=O)CC1. The Morgan fingerprint density at radius 1 is 1.10 bits per heavy atom. The van der Waals surface area contributed by atoms with Crippen LogP contribution < -0.4 is 4.74 Å². The Balaban J connectivity index is 1.38. The van der Waals surface area contributed by atoms with Crippen molar-refractivity contribution in [3.8, 4) is 11.5 Å². The van der Waals surface area contributed by atoms with Gasteiger partial charge in [-0.3, -0.25) is 9.69 Å². The normalized spacial score (nSPS) is 17.5. The van der Waals surface area contributed by atoms with Crippen molar-refractivity contribution in [2.45, 2.75) is 32.9 Å². The minimum Gasteiger partial charge on any atom is -0.507 e. The van der Waals surface area contributed by atoms with Crippen LogP contribution in [0.15, 0.2) is 48.4 Å². The number of piperazine rings is 1. The number of Topliss-reactive ketones (excluding diaryl/α,β-unsaturated/α-hetero) is 1. The number of aromatic nitrogens is 1. The zero-order chi connectivity index (χ0) is 28.1. The number of ether oxygens (including phenoxy) is 2. The summed E-state index contributed by atoms with van der Waals surface area (Å²) in [7, 11) is -3.57. The minimum atomic E-state index is -3.57. The number of carbonyl (C=O) groups is 2. The number of ketones is 1. The number of benzene rings is 2. The molecule has 11 heteroatoms. The summed E-state index contributed by atoms with van der Waals surface area (Å²) >= 11 is 0. The fourth-order valence-corrected chi connectivity index (χ4v) is 5.62. The Morgan fingerprint density at radius 3 is 2.46 bits per heavy atom. The second-order valence-corrected chi connectivity index (χ2v) is 12.6. The number of para-hydroxylation sites is 1. The third-order valence-corrected chi connectivity index (χ3v) is 7.69. The van der Waals surface area contributed by atoms with Crippen molar-refractivity contribution in [3.63, 3.8) is 0 Å². The van der Waals surface area contributed by atoms with Gasteiger partial charge < -0.3 is 19.5 Å². The highest BCUT2D eigenvalue weighted by Crippen LogP contribution is 2.40. The molecule has 0 atom stereocenters. The van der Waals surface area contributed by atoms with Gasteiger partial charge in [0.2, 0.25) is 15.8 Å². The molecule has 0 bridgehead atoms. The number of rotatable bonds is 4. The highest BCUT2D eigenvalue weighted by Gasteiger charge is 2.33. The van der Waals surface area contributed by atoms with E-state index in [4.69, 9.17) is 9.47 Å². The predicted molar refractivity (Wildman–Crippen MR) is 146 cm³/mol. The average Bonchev–Trinajstić information content (AvgIpc) is 3.38. The van der Waals surface area contributed by atoms with Gasteiger partial charge in [0, 0.05) is 49.9 Å². The molecule has 1 aromatic heterocycles. The summed E-state index contributed by atoms with van der Waals surface area (Å²) in [4.78, 5) is 29.4. The lowest BCUT2D eigenvalue weighted by atomic mass is 10.0. The molecule has 10 nitrogen and oxygen atoms in total. The Morgan fingerprint density at radius 2 is 1.79 bits per heavy atom. The number of hydrogen-bond donors (Lipinski definition) is 1. The van der Waals surface area contributed by atoms with Crippen LogP contribution in [0.1, 0.15) is 42.3 Å². The molecular formula is C28H31N3O7S. The lowest BCUT2D eigenvalue weighted by molar-refractivity contribution is 0.0137. The summed E-state index contributed by atoms with van der Waals surface area (Å²) in [5, 5.41) is 11.3. The van der Waals surface area contributed by atoms with E-state index in [9.17, 15) is 23.1 Å². The smallest absolute Gasteiger partial charge is 0.410 e. The quantitative estimate of drug-likeness (QED) is 0.485. The number of fused-ring (bicyclic) bond motifs is 2. The standard InChI is InChI=1S/C28H31N3O7S/c1-28(2,3)38-27(34)30-13-11-29(12-14-30)17-21-23(32)10-9-20-25(33)24(37-26(20)21)15-18-16-31(39(4,35)36)22-8-6-5-7-19(18)22/h5-10,15-16,32H,11-14,17H2,1-4H3. The van der Waals surface area contributed by atoms with Crippen molar-refractivity contribution >= 4 is 38.9 Å². The molecule has 0 spiro atoms. The number of nitrogens with zero attached hydrogens (tertiary/aromatic N) is 3. The molecule has 2 aromatic carbocycles. The number of hydrogen-bond acceptors (Lipinski definition) is 8. The van der Waals surface area contributed by atoms with Gasteiger partial charge in [-0.2, -0.15) is 0 Å². The Hall–Kier alpha value is -3.83. The van der Waals surface area contributed by atoms with Crippen LogP contribution in [0.5, 0.6) is 11.5 Å². The number of allylic oxidation sites excluding steroid dienone is 1. The molecular weight excluding hydrogens is 522 g/mol. The molecule has 39 heavy (non-hydrogen) atoms. The van der Waals surface area contributed by atoms with Crippen LogP contribution in [0.2, 0.25) is 0 Å². The van der Waals surface area contributed by atoms with Crippen LogP contribution in [-0.4, -0.2) is 77.2 Å². The molecule has 3 aromatic rings. The highest BCUT2D eigenvalue weighted by atomic mass is 32.2. The number of phenols is 1. The molecule has 1 fully saturated rings. The maximum absolute atomic E-state index is 13.3. The van der Waals surface area contributed by atoms with Crippen LogP contribution in [0.25, 0.3) is 17.0 Å². The van der Waals surface area contributed by atoms with E-state index in [0.29, 0.717) is 60.3 Å². The number of carbonyl (C=O) groups excluding carboxylic acids is 2. The van der Waals surface area contributed by atoms with Crippen molar-refractivity contribution in [1.82, 2.24) is 13.8 Å². The Bertz CT molecular complexity index is 1610. The molecule has 2 aliphatic heterocycles. The molecule has 206 valence electrons. The zero-order valence-electron chi connectivity index (χ0n) is 22.3. The largest absolute Gasteiger partial charge is 0.507 e. The van der Waals surface area contributed by atoms with Crippen LogP contribution >= 0.6 is 0 Å². The fourth-order valence-electron chi connectivity index (χ4n) is 4.79. The first kappa shape index (κ1) is 26.8. The van der Waals surface area contributed by atoms with E-state index in [0.717, 1.165) is 6.26 Å². The molecule has 1 saturated heterocycles. The molecule has 5 rings (SSSR count). The first-order chi connectivity index (χ1) is 18.3. The van der Waals surface area contributed by atoms with Gasteiger partial charge >= 0.3 is 6.09 Å². The second-order valence-electron chi connectivity index (χ2n) is 10.8. The molecule has 2 aliphatic rings. The molecule has 0 aliphatic carbocycles. The molecule has 1 amide bonds. The Kier molecular flexibility index (Phi) is 6.68. The maximum Gasteiger partial charge on any atom is 0.410 e. The number of amides is 1. The van der Waals surface area contributed by atoms with Crippen LogP contribution in [0.4, 0.5) is 4.79 Å². The van der Waals surface area contributed by atoms with E-state index < -0.39 is 15.6 Å². The fraction of sp³-hybridized carbons (Fsp3) is 0.357. The third-order valence-electron chi connectivity index (χ3n) is 6.67. The summed E-state index contributed by atoms with van der Waals surface area (Å²) in [5.74, 6) is -0.0149. The monoisotopic (exact) mass is 553 g/mol. The van der Waals surface area contributed by atoms with Crippen LogP contribution in [0.3, 0.4) is 0 Å². The van der Waals surface area contributed by atoms with E-state index in [1.165, 1.54) is 28.4 Å². The van der Waals surface area contributed by atoms with Gasteiger partial charge in [-0.05, 0) is 45.0 Å². The van der Waals surface area contributed by atoms with Crippen LogP contribution in [0, 0.1) is 0 Å². The first-order valence-electron chi connectivity index (χ1n) is 12.6. The molecule has 0 unspecified atom stereocenters. The summed E-state index contributed by atoms with van der Waals surface area (Å²) < 4.78 is 37.3. The highest BCUT2D eigenvalue weighted by molar-refractivity contribution is 7.89. The minimum absolute atomic E-state index is 0.00560. The lowest BCUT2D eigenvalue weighted by Gasteiger charge is -2.35. The van der Waals surface area contributed by atoms with Crippen molar-refractivity contribution in [1.29, 1.82) is 0 Å². The van der Waals surface area contributed by atoms with E-state index in [-0.39, 0.29) is 29.1 Å². The average molecular weight is 554 g/mol. The van der Waals surface area contributed by atoms with Crippen LogP contribution in [-0.2, 0) is 21.3 Å². The van der Waals surface area contributed by atoms with E-state index in [1.807, 2.05) is 20.8 Å². The van der Waals surface area contributed by atoms with E-state index in [2.05, 4.69) is 4.90 Å². The van der Waals surface area contributed by atoms with Crippen molar-refractivity contribution in [3.05, 3.63) is 65.0 Å². The summed E-state index contributed by atoms with van der Waals surface area (Å²) in [6.45, 7) is 7.87. The molecule has 3 heterocycles. The maximum atomic E-state index is 13.3. The third kappa shape index (κ3) is 5.37. The molecule has 0 saturated carbocycles. The Labute approximate surface area is 227 Å². The summed E-state index contributed by atoms with van der Waals surface area (Å²) in [6, 6.07) is 10.0. The van der Waals surface area contributed by atoms with Gasteiger partial charge in [0.25, 0.3) is 0 Å². The van der Waals surface area contributed by atoms with Gasteiger partial charge in [-0.25, -0.2) is 17.2 Å². The van der Waals surface area contributed by atoms with Gasteiger partial charge in [-0.1, -0.05) is 18.2 Å². The molecule has 0 radical (unpaired) electrons. The van der Waals surface area contributed by atoms with E-state index >= 15 is 0 Å². The lowest BCUT2D eigenvalue weighted by Crippen LogP contribution is -2.49. The van der Waals surface area contributed by atoms with Gasteiger partial charge in [0.1, 0.15) is 17.1 Å². The number of aromatic hydroxyl groups is 1. The van der Waals surface area contributed by atoms with Crippen molar-refractivity contribution < 1.29 is 32.6 Å².